The van der Waals surface area contributed by atoms with Gasteiger partial charge in [0, 0.05) is 16.7 Å². The van der Waals surface area contributed by atoms with E-state index in [1.165, 1.54) is 31.0 Å². The molecule has 2 aromatic carbocycles. The zero-order valence-corrected chi connectivity index (χ0v) is 11.6. The normalized spacial score (nSPS) is 10.3. The van der Waals surface area contributed by atoms with Gasteiger partial charge in [0.05, 0.1) is 12.7 Å². The van der Waals surface area contributed by atoms with E-state index in [1.54, 1.807) is 30.3 Å². The lowest BCUT2D eigenvalue weighted by Gasteiger charge is -2.06. The topological polar surface area (TPSA) is 46.5 Å². The standard InChI is InChI=1S/C15H13FO3S/c1-19-12-6-5-11(14(16)8-12)9-20-13-4-2-3-10(7-13)15(17)18/h2-8H,9H2,1H3,(H,17,18). The third kappa shape index (κ3) is 3.51. The summed E-state index contributed by atoms with van der Waals surface area (Å²) in [4.78, 5) is 11.7. The molecule has 2 rings (SSSR count). The number of halogens is 1. The van der Waals surface area contributed by atoms with Crippen LogP contribution in [0.2, 0.25) is 0 Å². The van der Waals surface area contributed by atoms with Crippen LogP contribution in [0.4, 0.5) is 4.39 Å². The van der Waals surface area contributed by atoms with Crippen LogP contribution in [0.15, 0.2) is 47.4 Å². The minimum atomic E-state index is -0.969. The van der Waals surface area contributed by atoms with Crippen LogP contribution in [0.5, 0.6) is 5.75 Å². The van der Waals surface area contributed by atoms with Crippen molar-refractivity contribution in [3.05, 3.63) is 59.4 Å². The first-order valence-electron chi connectivity index (χ1n) is 5.88. The maximum atomic E-state index is 13.8. The highest BCUT2D eigenvalue weighted by Gasteiger charge is 2.07. The molecule has 0 radical (unpaired) electrons. The number of benzene rings is 2. The lowest BCUT2D eigenvalue weighted by atomic mass is 10.2. The number of hydrogen-bond acceptors (Lipinski definition) is 3. The number of carbonyl (C=O) groups is 1. The Kier molecular flexibility index (Phi) is 4.63. The lowest BCUT2D eigenvalue weighted by molar-refractivity contribution is 0.0696. The van der Waals surface area contributed by atoms with Crippen LogP contribution in [-0.2, 0) is 5.75 Å². The van der Waals surface area contributed by atoms with Gasteiger partial charge in [-0.3, -0.25) is 0 Å². The zero-order valence-electron chi connectivity index (χ0n) is 10.8. The van der Waals surface area contributed by atoms with Crippen LogP contribution in [0.1, 0.15) is 15.9 Å². The van der Waals surface area contributed by atoms with E-state index >= 15 is 0 Å². The van der Waals surface area contributed by atoms with E-state index in [-0.39, 0.29) is 11.4 Å². The minimum absolute atomic E-state index is 0.227. The Hall–Kier alpha value is -2.01. The molecule has 0 atom stereocenters. The molecule has 3 nitrogen and oxygen atoms in total. The molecular formula is C15H13FO3S. The first-order chi connectivity index (χ1) is 9.60. The van der Waals surface area contributed by atoms with E-state index in [2.05, 4.69) is 0 Å². The minimum Gasteiger partial charge on any atom is -0.497 e. The number of methoxy groups -OCH3 is 1. The van der Waals surface area contributed by atoms with Crippen molar-refractivity contribution in [1.29, 1.82) is 0 Å². The molecule has 2 aromatic rings. The fraction of sp³-hybridized carbons (Fsp3) is 0.133. The van der Waals surface area contributed by atoms with Gasteiger partial charge in [0.25, 0.3) is 0 Å². The fourth-order valence-corrected chi connectivity index (χ4v) is 2.59. The summed E-state index contributed by atoms with van der Waals surface area (Å²) in [7, 11) is 1.49. The number of rotatable bonds is 5. The highest BCUT2D eigenvalue weighted by molar-refractivity contribution is 7.98. The molecular weight excluding hydrogens is 279 g/mol. The summed E-state index contributed by atoms with van der Waals surface area (Å²) in [5.74, 6) is -0.391. The Labute approximate surface area is 120 Å². The van der Waals surface area contributed by atoms with Crippen molar-refractivity contribution in [3.63, 3.8) is 0 Å². The average molecular weight is 292 g/mol. The van der Waals surface area contributed by atoms with Gasteiger partial charge in [-0.15, -0.1) is 11.8 Å². The summed E-state index contributed by atoms with van der Waals surface area (Å²) in [6, 6.07) is 11.3. The maximum absolute atomic E-state index is 13.8. The highest BCUT2D eigenvalue weighted by atomic mass is 32.2. The molecule has 0 saturated carbocycles. The fourth-order valence-electron chi connectivity index (χ4n) is 1.65. The molecule has 0 aliphatic carbocycles. The first kappa shape index (κ1) is 14.4. The number of carboxylic acid groups (broad SMARTS) is 1. The molecule has 0 heterocycles. The van der Waals surface area contributed by atoms with Crippen molar-refractivity contribution < 1.29 is 19.0 Å². The van der Waals surface area contributed by atoms with Crippen molar-refractivity contribution in [1.82, 2.24) is 0 Å². The number of aromatic carboxylic acids is 1. The van der Waals surface area contributed by atoms with Gasteiger partial charge in [0.15, 0.2) is 0 Å². The molecule has 0 spiro atoms. The number of hydrogen-bond donors (Lipinski definition) is 1. The monoisotopic (exact) mass is 292 g/mol. The summed E-state index contributed by atoms with van der Waals surface area (Å²) >= 11 is 1.39. The molecule has 0 unspecified atom stereocenters. The van der Waals surface area contributed by atoms with Crippen LogP contribution < -0.4 is 4.74 Å². The van der Waals surface area contributed by atoms with E-state index in [0.717, 1.165) is 4.90 Å². The Morgan fingerprint density at radius 3 is 2.75 bits per heavy atom. The Morgan fingerprint density at radius 1 is 1.30 bits per heavy atom. The molecule has 20 heavy (non-hydrogen) atoms. The number of ether oxygens (including phenoxy) is 1. The molecule has 0 aliphatic rings. The van der Waals surface area contributed by atoms with Crippen molar-refractivity contribution in [2.75, 3.05) is 7.11 Å². The third-order valence-corrected chi connectivity index (χ3v) is 3.78. The second-order valence-electron chi connectivity index (χ2n) is 4.08. The Balaban J connectivity index is 2.09. The van der Waals surface area contributed by atoms with E-state index < -0.39 is 5.97 Å². The van der Waals surface area contributed by atoms with E-state index in [0.29, 0.717) is 17.1 Å². The molecule has 104 valence electrons. The van der Waals surface area contributed by atoms with Crippen molar-refractivity contribution >= 4 is 17.7 Å². The Morgan fingerprint density at radius 2 is 2.10 bits per heavy atom. The van der Waals surface area contributed by atoms with Crippen LogP contribution in [-0.4, -0.2) is 18.2 Å². The third-order valence-electron chi connectivity index (χ3n) is 2.74. The summed E-state index contributed by atoms with van der Waals surface area (Å²) in [5.41, 5.74) is 0.779. The van der Waals surface area contributed by atoms with Crippen molar-refractivity contribution in [3.8, 4) is 5.75 Å². The van der Waals surface area contributed by atoms with Gasteiger partial charge in [0.1, 0.15) is 11.6 Å². The quantitative estimate of drug-likeness (QED) is 0.851. The van der Waals surface area contributed by atoms with Gasteiger partial charge < -0.3 is 9.84 Å². The molecule has 0 amide bonds. The maximum Gasteiger partial charge on any atom is 0.335 e. The second-order valence-corrected chi connectivity index (χ2v) is 5.13. The summed E-state index contributed by atoms with van der Waals surface area (Å²) in [6.07, 6.45) is 0. The summed E-state index contributed by atoms with van der Waals surface area (Å²) in [5, 5.41) is 8.91. The van der Waals surface area contributed by atoms with E-state index in [1.807, 2.05) is 0 Å². The molecule has 0 aromatic heterocycles. The average Bonchev–Trinajstić information content (AvgIpc) is 2.46. The number of thioether (sulfide) groups is 1. The summed E-state index contributed by atoms with van der Waals surface area (Å²) < 4.78 is 18.7. The van der Waals surface area contributed by atoms with Gasteiger partial charge in [-0.25, -0.2) is 9.18 Å². The van der Waals surface area contributed by atoms with Crippen LogP contribution in [0, 0.1) is 5.82 Å². The first-order valence-corrected chi connectivity index (χ1v) is 6.87. The lowest BCUT2D eigenvalue weighted by Crippen LogP contribution is -1.95. The molecule has 0 aliphatic heterocycles. The second kappa shape index (κ2) is 6.43. The highest BCUT2D eigenvalue weighted by Crippen LogP contribution is 2.26. The van der Waals surface area contributed by atoms with Gasteiger partial charge in [-0.2, -0.15) is 0 Å². The van der Waals surface area contributed by atoms with Gasteiger partial charge in [0.2, 0.25) is 0 Å². The predicted molar refractivity (Wildman–Crippen MR) is 75.9 cm³/mol. The molecule has 5 heteroatoms. The van der Waals surface area contributed by atoms with E-state index in [9.17, 15) is 9.18 Å². The van der Waals surface area contributed by atoms with Crippen LogP contribution in [0.25, 0.3) is 0 Å². The molecule has 1 N–H and O–H groups in total. The largest absolute Gasteiger partial charge is 0.497 e. The molecule has 0 saturated heterocycles. The summed E-state index contributed by atoms with van der Waals surface area (Å²) in [6.45, 7) is 0. The molecule has 0 bridgehead atoms. The van der Waals surface area contributed by atoms with Gasteiger partial charge in [-0.1, -0.05) is 12.1 Å². The van der Waals surface area contributed by atoms with Crippen LogP contribution >= 0.6 is 11.8 Å². The predicted octanol–water partition coefficient (Wildman–Crippen LogP) is 3.82. The SMILES string of the molecule is COc1ccc(CSc2cccc(C(=O)O)c2)c(F)c1. The molecule has 0 fully saturated rings. The van der Waals surface area contributed by atoms with Crippen LogP contribution in [0.3, 0.4) is 0 Å². The smallest absolute Gasteiger partial charge is 0.335 e. The Bertz CT molecular complexity index is 628. The zero-order chi connectivity index (χ0) is 14.5. The van der Waals surface area contributed by atoms with Gasteiger partial charge in [-0.05, 0) is 29.8 Å². The van der Waals surface area contributed by atoms with Gasteiger partial charge >= 0.3 is 5.97 Å². The van der Waals surface area contributed by atoms with Crippen molar-refractivity contribution in [2.45, 2.75) is 10.6 Å². The van der Waals surface area contributed by atoms with Crippen molar-refractivity contribution in [2.24, 2.45) is 0 Å². The number of carboxylic acids is 1. The van der Waals surface area contributed by atoms with E-state index in [4.69, 9.17) is 9.84 Å².